The lowest BCUT2D eigenvalue weighted by Gasteiger charge is -2.03. The van der Waals surface area contributed by atoms with Gasteiger partial charge in [-0.1, -0.05) is 6.92 Å². The summed E-state index contributed by atoms with van der Waals surface area (Å²) < 4.78 is 1.83. The minimum Gasteiger partial charge on any atom is -0.508 e. The van der Waals surface area contributed by atoms with E-state index in [0.29, 0.717) is 0 Å². The Morgan fingerprint density at radius 1 is 1.29 bits per heavy atom. The molecule has 0 aliphatic carbocycles. The summed E-state index contributed by atoms with van der Waals surface area (Å²) in [7, 11) is 0. The summed E-state index contributed by atoms with van der Waals surface area (Å²) in [4.78, 5) is 1.09. The van der Waals surface area contributed by atoms with Crippen LogP contribution in [0.3, 0.4) is 0 Å². The van der Waals surface area contributed by atoms with Gasteiger partial charge >= 0.3 is 0 Å². The monoisotopic (exact) mass is 250 g/mol. The Labute approximate surface area is 104 Å². The predicted molar refractivity (Wildman–Crippen MR) is 65.8 cm³/mol. The minimum absolute atomic E-state index is 0.283. The van der Waals surface area contributed by atoms with Gasteiger partial charge in [0.25, 0.3) is 0 Å². The lowest BCUT2D eigenvalue weighted by atomic mass is 10.3. The SMILES string of the molecule is CCCn1nnnc1CSc1ccc(O)cc1. The molecule has 1 N–H and O–H groups in total. The maximum Gasteiger partial charge on any atom is 0.161 e. The molecule has 1 heterocycles. The first-order valence-electron chi connectivity index (χ1n) is 5.46. The smallest absolute Gasteiger partial charge is 0.161 e. The molecule has 0 fully saturated rings. The quantitative estimate of drug-likeness (QED) is 0.823. The third-order valence-corrected chi connectivity index (χ3v) is 3.25. The Balaban J connectivity index is 1.97. The maximum absolute atomic E-state index is 9.18. The Morgan fingerprint density at radius 2 is 2.06 bits per heavy atom. The van der Waals surface area contributed by atoms with Gasteiger partial charge in [0.15, 0.2) is 5.82 Å². The van der Waals surface area contributed by atoms with Crippen LogP contribution in [0, 0.1) is 0 Å². The zero-order valence-electron chi connectivity index (χ0n) is 9.58. The number of thioether (sulfide) groups is 1. The maximum atomic E-state index is 9.18. The van der Waals surface area contributed by atoms with Gasteiger partial charge in [-0.15, -0.1) is 16.9 Å². The molecule has 0 aliphatic heterocycles. The van der Waals surface area contributed by atoms with Gasteiger partial charge < -0.3 is 5.11 Å². The third-order valence-electron chi connectivity index (χ3n) is 2.25. The topological polar surface area (TPSA) is 63.8 Å². The molecule has 0 atom stereocenters. The molecular weight excluding hydrogens is 236 g/mol. The largest absolute Gasteiger partial charge is 0.508 e. The second-order valence-corrected chi connectivity index (χ2v) is 4.65. The van der Waals surface area contributed by atoms with Crippen molar-refractivity contribution in [3.05, 3.63) is 30.1 Å². The highest BCUT2D eigenvalue weighted by Crippen LogP contribution is 2.23. The van der Waals surface area contributed by atoms with Crippen molar-refractivity contribution < 1.29 is 5.11 Å². The van der Waals surface area contributed by atoms with Crippen molar-refractivity contribution in [1.29, 1.82) is 0 Å². The fraction of sp³-hybridized carbons (Fsp3) is 0.364. The van der Waals surface area contributed by atoms with Gasteiger partial charge in [-0.05, 0) is 41.1 Å². The van der Waals surface area contributed by atoms with E-state index in [-0.39, 0.29) is 5.75 Å². The Morgan fingerprint density at radius 3 is 2.76 bits per heavy atom. The van der Waals surface area contributed by atoms with Gasteiger partial charge in [0.2, 0.25) is 0 Å². The second-order valence-electron chi connectivity index (χ2n) is 3.60. The highest BCUT2D eigenvalue weighted by atomic mass is 32.2. The van der Waals surface area contributed by atoms with E-state index in [1.54, 1.807) is 23.9 Å². The number of hydrogen-bond donors (Lipinski definition) is 1. The lowest BCUT2D eigenvalue weighted by molar-refractivity contribution is 0.475. The number of benzene rings is 1. The van der Waals surface area contributed by atoms with Gasteiger partial charge in [-0.2, -0.15) is 0 Å². The molecule has 0 saturated carbocycles. The molecule has 90 valence electrons. The lowest BCUT2D eigenvalue weighted by Crippen LogP contribution is -2.04. The van der Waals surface area contributed by atoms with Gasteiger partial charge in [0.05, 0.1) is 5.75 Å². The van der Waals surface area contributed by atoms with Crippen LogP contribution < -0.4 is 0 Å². The molecule has 0 spiro atoms. The van der Waals surface area contributed by atoms with Crippen molar-refractivity contribution in [2.24, 2.45) is 0 Å². The number of hydrogen-bond acceptors (Lipinski definition) is 5. The van der Waals surface area contributed by atoms with Crippen LogP contribution in [0.2, 0.25) is 0 Å². The predicted octanol–water partition coefficient (Wildman–Crippen LogP) is 2.08. The molecule has 6 heteroatoms. The van der Waals surface area contributed by atoms with Crippen LogP contribution in [-0.4, -0.2) is 25.3 Å². The fourth-order valence-electron chi connectivity index (χ4n) is 1.40. The van der Waals surface area contributed by atoms with Crippen LogP contribution in [0.4, 0.5) is 0 Å². The number of aryl methyl sites for hydroxylation is 1. The van der Waals surface area contributed by atoms with E-state index in [2.05, 4.69) is 22.4 Å². The molecule has 0 unspecified atom stereocenters. The molecule has 0 bridgehead atoms. The molecule has 2 rings (SSSR count). The summed E-state index contributed by atoms with van der Waals surface area (Å²) in [6, 6.07) is 7.12. The van der Waals surface area contributed by atoms with Crippen LogP contribution in [-0.2, 0) is 12.3 Å². The van der Waals surface area contributed by atoms with Crippen LogP contribution in [0.25, 0.3) is 0 Å². The first-order valence-corrected chi connectivity index (χ1v) is 6.45. The fourth-order valence-corrected chi connectivity index (χ4v) is 2.23. The molecule has 2 aromatic rings. The van der Waals surface area contributed by atoms with Crippen molar-refractivity contribution in [3.8, 4) is 5.75 Å². The highest BCUT2D eigenvalue weighted by molar-refractivity contribution is 7.98. The number of aromatic nitrogens is 4. The zero-order valence-corrected chi connectivity index (χ0v) is 10.4. The normalized spacial score (nSPS) is 10.6. The summed E-state index contributed by atoms with van der Waals surface area (Å²) in [5, 5.41) is 20.8. The summed E-state index contributed by atoms with van der Waals surface area (Å²) in [6.45, 7) is 2.94. The first kappa shape index (κ1) is 11.9. The molecule has 17 heavy (non-hydrogen) atoms. The number of nitrogens with zero attached hydrogens (tertiary/aromatic N) is 4. The molecule has 0 saturated heterocycles. The highest BCUT2D eigenvalue weighted by Gasteiger charge is 2.05. The Kier molecular flexibility index (Phi) is 3.98. The Bertz CT molecular complexity index is 469. The summed E-state index contributed by atoms with van der Waals surface area (Å²) in [5.74, 6) is 1.90. The average Bonchev–Trinajstić information content (AvgIpc) is 2.77. The van der Waals surface area contributed by atoms with Gasteiger partial charge in [0, 0.05) is 11.4 Å². The van der Waals surface area contributed by atoms with Crippen molar-refractivity contribution >= 4 is 11.8 Å². The first-order chi connectivity index (χ1) is 8.29. The molecule has 0 radical (unpaired) electrons. The van der Waals surface area contributed by atoms with E-state index < -0.39 is 0 Å². The Hall–Kier alpha value is -1.56. The van der Waals surface area contributed by atoms with Crippen LogP contribution in [0.1, 0.15) is 19.2 Å². The van der Waals surface area contributed by atoms with E-state index in [9.17, 15) is 5.11 Å². The van der Waals surface area contributed by atoms with Crippen LogP contribution in [0.5, 0.6) is 5.75 Å². The number of phenols is 1. The number of phenolic OH excluding ortho intramolecular Hbond substituents is 1. The molecular formula is C11H14N4OS. The van der Waals surface area contributed by atoms with Crippen molar-refractivity contribution in [2.45, 2.75) is 30.5 Å². The summed E-state index contributed by atoms with van der Waals surface area (Å²) in [5.41, 5.74) is 0. The number of tetrazole rings is 1. The van der Waals surface area contributed by atoms with Crippen molar-refractivity contribution in [1.82, 2.24) is 20.2 Å². The van der Waals surface area contributed by atoms with E-state index in [4.69, 9.17) is 0 Å². The molecule has 1 aromatic carbocycles. The number of aromatic hydroxyl groups is 1. The molecule has 1 aromatic heterocycles. The van der Waals surface area contributed by atoms with E-state index in [1.165, 1.54) is 0 Å². The van der Waals surface area contributed by atoms with Crippen molar-refractivity contribution in [3.63, 3.8) is 0 Å². The zero-order chi connectivity index (χ0) is 12.1. The van der Waals surface area contributed by atoms with Gasteiger partial charge in [-0.3, -0.25) is 0 Å². The van der Waals surface area contributed by atoms with Gasteiger partial charge in [0.1, 0.15) is 5.75 Å². The molecule has 0 aliphatic rings. The van der Waals surface area contributed by atoms with E-state index in [0.717, 1.165) is 29.4 Å². The van der Waals surface area contributed by atoms with E-state index >= 15 is 0 Å². The molecule has 5 nitrogen and oxygen atoms in total. The van der Waals surface area contributed by atoms with Crippen LogP contribution >= 0.6 is 11.8 Å². The number of rotatable bonds is 5. The second kappa shape index (κ2) is 5.67. The standard InChI is InChI=1S/C11H14N4OS/c1-2-7-15-11(12-13-14-15)8-17-10-5-3-9(16)4-6-10/h3-6,16H,2,7-8H2,1H3. The average molecular weight is 250 g/mol. The van der Waals surface area contributed by atoms with Crippen molar-refractivity contribution in [2.75, 3.05) is 0 Å². The van der Waals surface area contributed by atoms with E-state index in [1.807, 2.05) is 16.8 Å². The van der Waals surface area contributed by atoms with Gasteiger partial charge in [-0.25, -0.2) is 4.68 Å². The third kappa shape index (κ3) is 3.20. The minimum atomic E-state index is 0.283. The van der Waals surface area contributed by atoms with Crippen LogP contribution in [0.15, 0.2) is 29.2 Å². The summed E-state index contributed by atoms with van der Waals surface area (Å²) in [6.07, 6.45) is 1.02. The summed E-state index contributed by atoms with van der Waals surface area (Å²) >= 11 is 1.65. The molecule has 0 amide bonds.